The van der Waals surface area contributed by atoms with Crippen molar-refractivity contribution in [2.24, 2.45) is 0 Å². The monoisotopic (exact) mass is 681 g/mol. The molecule has 0 saturated carbocycles. The lowest BCUT2D eigenvalue weighted by Gasteiger charge is -2.34. The number of carbonyl (C=O) groups is 2. The quantitative estimate of drug-likeness (QED) is 0.175. The minimum atomic E-state index is -4.15. The third-order valence-electron chi connectivity index (χ3n) is 6.79. The standard InChI is InChI=1S/C33H33BrClN3O4S/c1-2-20-36-33(40)31(22-25-10-5-3-6-11-25)37(23-26-12-9-13-28(35)21-26)32(39)24-38(29-18-16-27(34)17-19-29)43(41,42)30-14-7-4-8-15-30/h3-19,21,31H,2,20,22-24H2,1H3,(H,36,40)/t31-/m0/s1. The fraction of sp³-hybridized carbons (Fsp3) is 0.212. The van der Waals surface area contributed by atoms with Crippen LogP contribution in [0, 0.1) is 0 Å². The summed E-state index contributed by atoms with van der Waals surface area (Å²) in [5.74, 6) is -0.850. The molecule has 0 aliphatic heterocycles. The number of halogens is 2. The molecule has 0 bridgehead atoms. The Morgan fingerprint density at radius 2 is 1.49 bits per heavy atom. The van der Waals surface area contributed by atoms with Crippen molar-refractivity contribution in [3.63, 3.8) is 0 Å². The molecule has 10 heteroatoms. The minimum absolute atomic E-state index is 0.0497. The molecule has 0 saturated heterocycles. The van der Waals surface area contributed by atoms with Gasteiger partial charge in [-0.2, -0.15) is 0 Å². The summed E-state index contributed by atoms with van der Waals surface area (Å²) in [4.78, 5) is 29.5. The third kappa shape index (κ3) is 8.69. The van der Waals surface area contributed by atoms with Crippen molar-refractivity contribution in [3.05, 3.63) is 130 Å². The number of sulfonamides is 1. The van der Waals surface area contributed by atoms with E-state index in [2.05, 4.69) is 21.2 Å². The van der Waals surface area contributed by atoms with Gasteiger partial charge in [-0.3, -0.25) is 13.9 Å². The van der Waals surface area contributed by atoms with E-state index in [1.165, 1.54) is 17.0 Å². The highest BCUT2D eigenvalue weighted by Crippen LogP contribution is 2.26. The van der Waals surface area contributed by atoms with Crippen LogP contribution in [0.2, 0.25) is 5.02 Å². The van der Waals surface area contributed by atoms with Gasteiger partial charge in [-0.1, -0.05) is 95.1 Å². The van der Waals surface area contributed by atoms with Crippen LogP contribution in [0.1, 0.15) is 24.5 Å². The molecule has 4 aromatic rings. The Balaban J connectivity index is 1.78. The number of amides is 2. The van der Waals surface area contributed by atoms with E-state index >= 15 is 0 Å². The van der Waals surface area contributed by atoms with Crippen LogP contribution in [0.4, 0.5) is 5.69 Å². The van der Waals surface area contributed by atoms with E-state index in [1.807, 2.05) is 43.3 Å². The molecule has 0 heterocycles. The van der Waals surface area contributed by atoms with Crippen LogP contribution in [0.15, 0.2) is 119 Å². The third-order valence-corrected chi connectivity index (χ3v) is 9.34. The number of hydrogen-bond acceptors (Lipinski definition) is 4. The second-order valence-electron chi connectivity index (χ2n) is 9.95. The number of nitrogens with zero attached hydrogens (tertiary/aromatic N) is 2. The van der Waals surface area contributed by atoms with E-state index < -0.39 is 28.5 Å². The van der Waals surface area contributed by atoms with Crippen LogP contribution in [-0.4, -0.2) is 44.3 Å². The molecule has 0 aromatic heterocycles. The van der Waals surface area contributed by atoms with Gasteiger partial charge in [0.25, 0.3) is 10.0 Å². The number of anilines is 1. The predicted octanol–water partition coefficient (Wildman–Crippen LogP) is 6.46. The number of nitrogens with one attached hydrogen (secondary N) is 1. The molecular weight excluding hydrogens is 650 g/mol. The van der Waals surface area contributed by atoms with Gasteiger partial charge in [0, 0.05) is 29.0 Å². The average molecular weight is 683 g/mol. The largest absolute Gasteiger partial charge is 0.354 e. The van der Waals surface area contributed by atoms with Crippen molar-refractivity contribution in [1.82, 2.24) is 10.2 Å². The Kier molecular flexibility index (Phi) is 11.4. The lowest BCUT2D eigenvalue weighted by molar-refractivity contribution is -0.140. The van der Waals surface area contributed by atoms with Crippen LogP contribution < -0.4 is 9.62 Å². The van der Waals surface area contributed by atoms with Crippen molar-refractivity contribution in [1.29, 1.82) is 0 Å². The highest BCUT2D eigenvalue weighted by atomic mass is 79.9. The van der Waals surface area contributed by atoms with Crippen molar-refractivity contribution in [3.8, 4) is 0 Å². The first-order valence-corrected chi connectivity index (χ1v) is 16.5. The van der Waals surface area contributed by atoms with Crippen molar-refractivity contribution in [2.75, 3.05) is 17.4 Å². The molecule has 0 spiro atoms. The van der Waals surface area contributed by atoms with Gasteiger partial charge in [0.1, 0.15) is 12.6 Å². The van der Waals surface area contributed by atoms with E-state index in [9.17, 15) is 18.0 Å². The van der Waals surface area contributed by atoms with Crippen LogP contribution in [-0.2, 0) is 32.6 Å². The summed E-state index contributed by atoms with van der Waals surface area (Å²) in [5.41, 5.74) is 1.89. The second kappa shape index (κ2) is 15.2. The Morgan fingerprint density at radius 3 is 2.12 bits per heavy atom. The van der Waals surface area contributed by atoms with Crippen molar-refractivity contribution in [2.45, 2.75) is 37.2 Å². The summed E-state index contributed by atoms with van der Waals surface area (Å²) in [6.07, 6.45) is 0.963. The highest BCUT2D eigenvalue weighted by molar-refractivity contribution is 9.10. The van der Waals surface area contributed by atoms with Crippen molar-refractivity contribution < 1.29 is 18.0 Å². The van der Waals surface area contributed by atoms with Crippen LogP contribution in [0.5, 0.6) is 0 Å². The van der Waals surface area contributed by atoms with Crippen molar-refractivity contribution >= 4 is 55.1 Å². The Hall–Kier alpha value is -3.66. The molecule has 1 atom stereocenters. The lowest BCUT2D eigenvalue weighted by Crippen LogP contribution is -2.53. The second-order valence-corrected chi connectivity index (χ2v) is 13.2. The normalized spacial score (nSPS) is 11.9. The summed E-state index contributed by atoms with van der Waals surface area (Å²) >= 11 is 9.67. The number of carbonyl (C=O) groups excluding carboxylic acids is 2. The smallest absolute Gasteiger partial charge is 0.264 e. The highest BCUT2D eigenvalue weighted by Gasteiger charge is 2.34. The molecule has 0 fully saturated rings. The molecule has 0 aliphatic rings. The fourth-order valence-electron chi connectivity index (χ4n) is 4.61. The van der Waals surface area contributed by atoms with E-state index in [4.69, 9.17) is 11.6 Å². The molecule has 4 rings (SSSR count). The van der Waals surface area contributed by atoms with E-state index in [0.29, 0.717) is 22.8 Å². The van der Waals surface area contributed by atoms with Gasteiger partial charge in [-0.25, -0.2) is 8.42 Å². The number of benzene rings is 4. The molecular formula is C33H33BrClN3O4S. The van der Waals surface area contributed by atoms with E-state index in [-0.39, 0.29) is 23.8 Å². The SMILES string of the molecule is CCCNC(=O)[C@H](Cc1ccccc1)N(Cc1cccc(Cl)c1)C(=O)CN(c1ccc(Br)cc1)S(=O)(=O)c1ccccc1. The first-order valence-electron chi connectivity index (χ1n) is 13.9. The topological polar surface area (TPSA) is 86.8 Å². The molecule has 0 radical (unpaired) electrons. The Bertz CT molecular complexity index is 1620. The minimum Gasteiger partial charge on any atom is -0.354 e. The number of hydrogen-bond donors (Lipinski definition) is 1. The van der Waals surface area contributed by atoms with Crippen LogP contribution in [0.25, 0.3) is 0 Å². The Labute approximate surface area is 266 Å². The molecule has 0 aliphatic carbocycles. The molecule has 2 amide bonds. The predicted molar refractivity (Wildman–Crippen MR) is 174 cm³/mol. The molecule has 224 valence electrons. The molecule has 0 unspecified atom stereocenters. The van der Waals surface area contributed by atoms with E-state index in [0.717, 1.165) is 20.8 Å². The zero-order valence-electron chi connectivity index (χ0n) is 23.7. The fourth-order valence-corrected chi connectivity index (χ4v) is 6.52. The first kappa shape index (κ1) is 32.3. The van der Waals surface area contributed by atoms with Crippen LogP contribution >= 0.6 is 27.5 Å². The molecule has 1 N–H and O–H groups in total. The maximum Gasteiger partial charge on any atom is 0.264 e. The summed E-state index contributed by atoms with van der Waals surface area (Å²) < 4.78 is 29.8. The van der Waals surface area contributed by atoms with Crippen LogP contribution in [0.3, 0.4) is 0 Å². The number of rotatable bonds is 13. The zero-order chi connectivity index (χ0) is 30.8. The summed E-state index contributed by atoms with van der Waals surface area (Å²) in [6.45, 7) is 1.92. The zero-order valence-corrected chi connectivity index (χ0v) is 26.9. The van der Waals surface area contributed by atoms with Gasteiger partial charge in [0.15, 0.2) is 0 Å². The molecule has 7 nitrogen and oxygen atoms in total. The summed E-state index contributed by atoms with van der Waals surface area (Å²) in [5, 5.41) is 3.43. The van der Waals surface area contributed by atoms with E-state index in [1.54, 1.807) is 60.7 Å². The van der Waals surface area contributed by atoms with Gasteiger partial charge in [0.05, 0.1) is 10.6 Å². The molecule has 43 heavy (non-hydrogen) atoms. The van der Waals surface area contributed by atoms with Gasteiger partial charge in [0.2, 0.25) is 11.8 Å². The molecule has 4 aromatic carbocycles. The van der Waals surface area contributed by atoms with Gasteiger partial charge < -0.3 is 10.2 Å². The average Bonchev–Trinajstić information content (AvgIpc) is 3.01. The summed E-state index contributed by atoms with van der Waals surface area (Å²) in [7, 11) is -4.15. The summed E-state index contributed by atoms with van der Waals surface area (Å²) in [6, 6.07) is 30.3. The van der Waals surface area contributed by atoms with Gasteiger partial charge in [-0.15, -0.1) is 0 Å². The van der Waals surface area contributed by atoms with Gasteiger partial charge >= 0.3 is 0 Å². The maximum atomic E-state index is 14.4. The maximum absolute atomic E-state index is 14.4. The first-order chi connectivity index (χ1) is 20.7. The van der Waals surface area contributed by atoms with Gasteiger partial charge in [-0.05, 0) is 66.1 Å². The lowest BCUT2D eigenvalue weighted by atomic mass is 10.0. The Morgan fingerprint density at radius 1 is 0.860 bits per heavy atom.